The smallest absolute Gasteiger partial charge is 0.134 e. The zero-order valence-electron chi connectivity index (χ0n) is 8.58. The predicted octanol–water partition coefficient (Wildman–Crippen LogP) is 4.57. The van der Waals surface area contributed by atoms with Crippen LogP contribution in [0.3, 0.4) is 0 Å². The standard InChI is InChI=1S/C12H9BrClNO/c1-8-6-11(15-16-8)4-2-9-7-10(13)3-5-12(9)14/h2-7H,1H3. The molecule has 16 heavy (non-hydrogen) atoms. The van der Waals surface area contributed by atoms with Gasteiger partial charge in [0, 0.05) is 15.6 Å². The zero-order chi connectivity index (χ0) is 11.5. The minimum Gasteiger partial charge on any atom is -0.361 e. The molecule has 0 bridgehead atoms. The monoisotopic (exact) mass is 297 g/mol. The molecule has 0 aliphatic heterocycles. The molecule has 1 aromatic carbocycles. The lowest BCUT2D eigenvalue weighted by Crippen LogP contribution is -1.75. The van der Waals surface area contributed by atoms with Crippen LogP contribution in [0.4, 0.5) is 0 Å². The van der Waals surface area contributed by atoms with E-state index in [9.17, 15) is 0 Å². The topological polar surface area (TPSA) is 26.0 Å². The summed E-state index contributed by atoms with van der Waals surface area (Å²) in [7, 11) is 0. The van der Waals surface area contributed by atoms with Crippen LogP contribution in [0.2, 0.25) is 5.02 Å². The summed E-state index contributed by atoms with van der Waals surface area (Å²) >= 11 is 9.45. The first kappa shape index (κ1) is 11.4. The molecule has 0 N–H and O–H groups in total. The molecule has 2 aromatic rings. The lowest BCUT2D eigenvalue weighted by molar-refractivity contribution is 0.396. The zero-order valence-corrected chi connectivity index (χ0v) is 10.9. The van der Waals surface area contributed by atoms with Gasteiger partial charge in [-0.3, -0.25) is 0 Å². The van der Waals surface area contributed by atoms with E-state index >= 15 is 0 Å². The van der Waals surface area contributed by atoms with E-state index in [4.69, 9.17) is 16.1 Å². The van der Waals surface area contributed by atoms with Crippen molar-refractivity contribution in [3.8, 4) is 0 Å². The molecule has 1 heterocycles. The summed E-state index contributed by atoms with van der Waals surface area (Å²) < 4.78 is 5.96. The molecular weight excluding hydrogens is 289 g/mol. The molecule has 0 saturated heterocycles. The summed E-state index contributed by atoms with van der Waals surface area (Å²) in [5, 5.41) is 4.57. The molecule has 0 spiro atoms. The lowest BCUT2D eigenvalue weighted by atomic mass is 10.2. The molecule has 0 fully saturated rings. The van der Waals surface area contributed by atoms with Crippen LogP contribution in [0.1, 0.15) is 17.0 Å². The molecule has 0 unspecified atom stereocenters. The number of halogens is 2. The van der Waals surface area contributed by atoms with Gasteiger partial charge < -0.3 is 4.52 Å². The van der Waals surface area contributed by atoms with E-state index in [1.807, 2.05) is 43.3 Å². The van der Waals surface area contributed by atoms with Crippen molar-refractivity contribution in [2.45, 2.75) is 6.92 Å². The Bertz CT molecular complexity index is 534. The number of rotatable bonds is 2. The van der Waals surface area contributed by atoms with E-state index in [0.717, 1.165) is 21.5 Å². The van der Waals surface area contributed by atoms with Crippen LogP contribution in [0.25, 0.3) is 12.2 Å². The fourth-order valence-electron chi connectivity index (χ4n) is 1.28. The second-order valence-corrected chi connectivity index (χ2v) is 4.68. The Morgan fingerprint density at radius 2 is 2.12 bits per heavy atom. The first-order chi connectivity index (χ1) is 7.65. The Morgan fingerprint density at radius 1 is 1.31 bits per heavy atom. The number of aryl methyl sites for hydroxylation is 1. The number of nitrogens with zero attached hydrogens (tertiary/aromatic N) is 1. The van der Waals surface area contributed by atoms with Crippen molar-refractivity contribution < 1.29 is 4.52 Å². The largest absolute Gasteiger partial charge is 0.361 e. The lowest BCUT2D eigenvalue weighted by Gasteiger charge is -1.97. The summed E-state index contributed by atoms with van der Waals surface area (Å²) in [5.41, 5.74) is 1.73. The number of hydrogen-bond donors (Lipinski definition) is 0. The highest BCUT2D eigenvalue weighted by Crippen LogP contribution is 2.22. The van der Waals surface area contributed by atoms with Gasteiger partial charge >= 0.3 is 0 Å². The molecule has 0 aliphatic carbocycles. The average molecular weight is 299 g/mol. The summed E-state index contributed by atoms with van der Waals surface area (Å²) in [5.74, 6) is 0.792. The molecule has 0 aliphatic rings. The highest BCUT2D eigenvalue weighted by atomic mass is 79.9. The molecule has 2 nitrogen and oxygen atoms in total. The third-order valence-electron chi connectivity index (χ3n) is 2.04. The molecule has 0 saturated carbocycles. The summed E-state index contributed by atoms with van der Waals surface area (Å²) in [6, 6.07) is 7.56. The molecule has 4 heteroatoms. The van der Waals surface area contributed by atoms with Gasteiger partial charge in [0.2, 0.25) is 0 Å². The molecule has 0 atom stereocenters. The Kier molecular flexibility index (Phi) is 3.46. The van der Waals surface area contributed by atoms with Gasteiger partial charge in [-0.15, -0.1) is 0 Å². The fourth-order valence-corrected chi connectivity index (χ4v) is 1.84. The van der Waals surface area contributed by atoms with Crippen LogP contribution in [0, 0.1) is 6.92 Å². The number of aromatic nitrogens is 1. The van der Waals surface area contributed by atoms with Crippen molar-refractivity contribution in [2.75, 3.05) is 0 Å². The molecule has 82 valence electrons. The van der Waals surface area contributed by atoms with Crippen molar-refractivity contribution in [1.29, 1.82) is 0 Å². The third-order valence-corrected chi connectivity index (χ3v) is 2.88. The normalized spacial score (nSPS) is 11.2. The summed E-state index contributed by atoms with van der Waals surface area (Å²) in [4.78, 5) is 0. The van der Waals surface area contributed by atoms with Crippen LogP contribution >= 0.6 is 27.5 Å². The molecular formula is C12H9BrClNO. The van der Waals surface area contributed by atoms with Gasteiger partial charge in [-0.05, 0) is 36.8 Å². The first-order valence-electron chi connectivity index (χ1n) is 4.71. The van der Waals surface area contributed by atoms with E-state index < -0.39 is 0 Å². The molecule has 2 rings (SSSR count). The maximum absolute atomic E-state index is 6.05. The second kappa shape index (κ2) is 4.85. The SMILES string of the molecule is Cc1cc(C=Cc2cc(Br)ccc2Cl)no1. The van der Waals surface area contributed by atoms with Gasteiger partial charge in [-0.2, -0.15) is 0 Å². The molecule has 1 aromatic heterocycles. The van der Waals surface area contributed by atoms with Crippen molar-refractivity contribution in [3.05, 3.63) is 50.8 Å². The molecule has 0 radical (unpaired) electrons. The highest BCUT2D eigenvalue weighted by molar-refractivity contribution is 9.10. The Morgan fingerprint density at radius 3 is 2.81 bits per heavy atom. The van der Waals surface area contributed by atoms with E-state index in [2.05, 4.69) is 21.1 Å². The minimum absolute atomic E-state index is 0.708. The van der Waals surface area contributed by atoms with Crippen molar-refractivity contribution in [1.82, 2.24) is 5.16 Å². The van der Waals surface area contributed by atoms with E-state index in [1.54, 1.807) is 0 Å². The van der Waals surface area contributed by atoms with Crippen LogP contribution < -0.4 is 0 Å². The predicted molar refractivity (Wildman–Crippen MR) is 69.3 cm³/mol. The van der Waals surface area contributed by atoms with Crippen molar-refractivity contribution >= 4 is 39.7 Å². The van der Waals surface area contributed by atoms with Gasteiger partial charge in [0.15, 0.2) is 0 Å². The molecule has 0 amide bonds. The Labute approximate surface area is 107 Å². The van der Waals surface area contributed by atoms with Gasteiger partial charge in [0.25, 0.3) is 0 Å². The average Bonchev–Trinajstić information content (AvgIpc) is 2.66. The van der Waals surface area contributed by atoms with Crippen LogP contribution in [-0.2, 0) is 0 Å². The third kappa shape index (κ3) is 2.74. The Hall–Kier alpha value is -1.06. The van der Waals surface area contributed by atoms with Crippen LogP contribution in [0.5, 0.6) is 0 Å². The maximum Gasteiger partial charge on any atom is 0.134 e. The van der Waals surface area contributed by atoms with Crippen molar-refractivity contribution in [2.24, 2.45) is 0 Å². The summed E-state index contributed by atoms with van der Waals surface area (Å²) in [6.45, 7) is 1.86. The fraction of sp³-hybridized carbons (Fsp3) is 0.0833. The highest BCUT2D eigenvalue weighted by Gasteiger charge is 1.99. The quantitative estimate of drug-likeness (QED) is 0.811. The van der Waals surface area contributed by atoms with E-state index in [0.29, 0.717) is 5.02 Å². The Balaban J connectivity index is 2.26. The number of benzene rings is 1. The number of hydrogen-bond acceptors (Lipinski definition) is 2. The van der Waals surface area contributed by atoms with Gasteiger partial charge in [-0.25, -0.2) is 0 Å². The van der Waals surface area contributed by atoms with Crippen molar-refractivity contribution in [3.63, 3.8) is 0 Å². The summed E-state index contributed by atoms with van der Waals surface area (Å²) in [6.07, 6.45) is 3.77. The second-order valence-electron chi connectivity index (χ2n) is 3.36. The van der Waals surface area contributed by atoms with E-state index in [-0.39, 0.29) is 0 Å². The minimum atomic E-state index is 0.708. The first-order valence-corrected chi connectivity index (χ1v) is 5.89. The van der Waals surface area contributed by atoms with E-state index in [1.165, 1.54) is 0 Å². The maximum atomic E-state index is 6.05. The van der Waals surface area contributed by atoms with Gasteiger partial charge in [-0.1, -0.05) is 38.8 Å². The van der Waals surface area contributed by atoms with Crippen LogP contribution in [0.15, 0.2) is 33.3 Å². The van der Waals surface area contributed by atoms with Gasteiger partial charge in [0.05, 0.1) is 0 Å². The van der Waals surface area contributed by atoms with Gasteiger partial charge in [0.1, 0.15) is 11.5 Å². The van der Waals surface area contributed by atoms with Crippen LogP contribution in [-0.4, -0.2) is 5.16 Å².